The second-order valence-corrected chi connectivity index (χ2v) is 5.23. The van der Waals surface area contributed by atoms with E-state index in [1.807, 2.05) is 18.3 Å². The molecule has 1 N–H and O–H groups in total. The molecule has 2 aromatic heterocycles. The normalized spacial score (nSPS) is 20.2. The molecule has 6 nitrogen and oxygen atoms in total. The van der Waals surface area contributed by atoms with Crippen molar-refractivity contribution in [2.75, 3.05) is 5.32 Å². The summed E-state index contributed by atoms with van der Waals surface area (Å²) in [4.78, 5) is 4.16. The van der Waals surface area contributed by atoms with Crippen molar-refractivity contribution in [2.24, 2.45) is 0 Å². The van der Waals surface area contributed by atoms with Crippen LogP contribution in [-0.4, -0.2) is 25.2 Å². The molecule has 1 aromatic carbocycles. The molecule has 0 fully saturated rings. The largest absolute Gasteiger partial charge is 0.346 e. The number of hydrogen-bond acceptors (Lipinski definition) is 5. The predicted octanol–water partition coefficient (Wildman–Crippen LogP) is 2.35. The van der Waals surface area contributed by atoms with Crippen LogP contribution in [0.15, 0.2) is 48.8 Å². The second kappa shape index (κ2) is 5.18. The molecule has 4 rings (SSSR count). The molecule has 3 aromatic rings. The Balaban J connectivity index is 1.73. The molecule has 3 heterocycles. The van der Waals surface area contributed by atoms with E-state index in [4.69, 9.17) is 0 Å². The lowest BCUT2D eigenvalue weighted by atomic mass is 9.94. The summed E-state index contributed by atoms with van der Waals surface area (Å²) in [6.07, 6.45) is 4.34. The molecule has 0 unspecified atom stereocenters. The fourth-order valence-electron chi connectivity index (χ4n) is 2.80. The molecular weight excluding hydrogens is 283 g/mol. The van der Waals surface area contributed by atoms with E-state index in [1.165, 1.54) is 12.1 Å². The molecule has 110 valence electrons. The third-order valence-electron chi connectivity index (χ3n) is 3.89. The summed E-state index contributed by atoms with van der Waals surface area (Å²) >= 11 is 0. The van der Waals surface area contributed by atoms with Gasteiger partial charge in [0.15, 0.2) is 0 Å². The fourth-order valence-corrected chi connectivity index (χ4v) is 2.80. The molecule has 1 aliphatic rings. The van der Waals surface area contributed by atoms with Crippen LogP contribution in [0, 0.1) is 5.82 Å². The van der Waals surface area contributed by atoms with Crippen LogP contribution >= 0.6 is 0 Å². The van der Waals surface area contributed by atoms with E-state index in [0.29, 0.717) is 5.95 Å². The van der Waals surface area contributed by atoms with E-state index < -0.39 is 0 Å². The zero-order valence-corrected chi connectivity index (χ0v) is 11.6. The molecule has 0 bridgehead atoms. The van der Waals surface area contributed by atoms with Crippen molar-refractivity contribution in [3.05, 3.63) is 65.7 Å². The van der Waals surface area contributed by atoms with Crippen LogP contribution in [0.5, 0.6) is 0 Å². The number of benzene rings is 1. The standard InChI is InChI=1S/C15H13FN6/c16-12-5-3-10(4-6-12)14-8-13(11-2-1-7-17-9-11)18-15-19-20-21-22(14)15/h1-7,9,13-14H,8H2,(H,18,19,21)/t13-,14+/m1/s1. The Morgan fingerprint density at radius 1 is 1.14 bits per heavy atom. The Hall–Kier alpha value is -2.83. The molecule has 1 aliphatic heterocycles. The van der Waals surface area contributed by atoms with Gasteiger partial charge in [-0.25, -0.2) is 9.07 Å². The summed E-state index contributed by atoms with van der Waals surface area (Å²) < 4.78 is 14.9. The van der Waals surface area contributed by atoms with Crippen LogP contribution in [0.1, 0.15) is 29.6 Å². The van der Waals surface area contributed by atoms with Crippen molar-refractivity contribution in [3.63, 3.8) is 0 Å². The maximum Gasteiger partial charge on any atom is 0.243 e. The molecule has 7 heteroatoms. The van der Waals surface area contributed by atoms with E-state index in [9.17, 15) is 4.39 Å². The molecule has 0 radical (unpaired) electrons. The van der Waals surface area contributed by atoms with Gasteiger partial charge < -0.3 is 5.32 Å². The third kappa shape index (κ3) is 2.20. The molecule has 0 aliphatic carbocycles. The Bertz CT molecular complexity index is 770. The van der Waals surface area contributed by atoms with Crippen LogP contribution < -0.4 is 5.32 Å². The van der Waals surface area contributed by atoms with Gasteiger partial charge in [-0.3, -0.25) is 4.98 Å². The highest BCUT2D eigenvalue weighted by Gasteiger charge is 2.30. The van der Waals surface area contributed by atoms with Gasteiger partial charge in [0.05, 0.1) is 12.1 Å². The smallest absolute Gasteiger partial charge is 0.243 e. The predicted molar refractivity (Wildman–Crippen MR) is 77.6 cm³/mol. The molecule has 2 atom stereocenters. The molecule has 0 spiro atoms. The van der Waals surface area contributed by atoms with Gasteiger partial charge >= 0.3 is 0 Å². The average Bonchev–Trinajstić information content (AvgIpc) is 3.04. The van der Waals surface area contributed by atoms with Gasteiger partial charge in [0, 0.05) is 12.4 Å². The van der Waals surface area contributed by atoms with Crippen molar-refractivity contribution in [1.29, 1.82) is 0 Å². The van der Waals surface area contributed by atoms with Crippen molar-refractivity contribution < 1.29 is 4.39 Å². The number of anilines is 1. The molecule has 0 amide bonds. The lowest BCUT2D eigenvalue weighted by Crippen LogP contribution is -2.28. The van der Waals surface area contributed by atoms with Gasteiger partial charge in [-0.1, -0.05) is 23.3 Å². The topological polar surface area (TPSA) is 68.5 Å². The lowest BCUT2D eigenvalue weighted by molar-refractivity contribution is 0.423. The van der Waals surface area contributed by atoms with Crippen molar-refractivity contribution in [2.45, 2.75) is 18.5 Å². The van der Waals surface area contributed by atoms with Crippen LogP contribution in [0.3, 0.4) is 0 Å². The number of nitrogens with one attached hydrogen (secondary N) is 1. The maximum absolute atomic E-state index is 13.2. The van der Waals surface area contributed by atoms with Gasteiger partial charge in [0.25, 0.3) is 0 Å². The zero-order chi connectivity index (χ0) is 14.9. The number of fused-ring (bicyclic) bond motifs is 1. The zero-order valence-electron chi connectivity index (χ0n) is 11.6. The van der Waals surface area contributed by atoms with Gasteiger partial charge in [0.2, 0.25) is 5.95 Å². The van der Waals surface area contributed by atoms with E-state index in [-0.39, 0.29) is 17.9 Å². The number of pyridine rings is 1. The first-order valence-corrected chi connectivity index (χ1v) is 7.01. The summed E-state index contributed by atoms with van der Waals surface area (Å²) in [5.74, 6) is 0.355. The molecule has 0 saturated carbocycles. The minimum atomic E-state index is -0.251. The Kier molecular flexibility index (Phi) is 3.03. The van der Waals surface area contributed by atoms with Gasteiger partial charge in [-0.2, -0.15) is 0 Å². The first kappa shape index (κ1) is 12.9. The van der Waals surface area contributed by atoms with Crippen LogP contribution in [0.4, 0.5) is 10.3 Å². The second-order valence-electron chi connectivity index (χ2n) is 5.23. The first-order valence-electron chi connectivity index (χ1n) is 7.01. The molecule has 22 heavy (non-hydrogen) atoms. The third-order valence-corrected chi connectivity index (χ3v) is 3.89. The Morgan fingerprint density at radius 2 is 2.00 bits per heavy atom. The first-order chi connectivity index (χ1) is 10.8. The summed E-state index contributed by atoms with van der Waals surface area (Å²) in [6.45, 7) is 0. The summed E-state index contributed by atoms with van der Waals surface area (Å²) in [5, 5.41) is 15.1. The summed E-state index contributed by atoms with van der Waals surface area (Å²) in [6, 6.07) is 10.4. The molecule has 0 saturated heterocycles. The monoisotopic (exact) mass is 296 g/mol. The van der Waals surface area contributed by atoms with Crippen LogP contribution in [0.25, 0.3) is 0 Å². The highest BCUT2D eigenvalue weighted by molar-refractivity contribution is 5.36. The molecular formula is C15H13FN6. The number of halogens is 1. The number of hydrogen-bond donors (Lipinski definition) is 1. The van der Waals surface area contributed by atoms with Crippen LogP contribution in [0.2, 0.25) is 0 Å². The van der Waals surface area contributed by atoms with E-state index in [2.05, 4.69) is 25.8 Å². The highest BCUT2D eigenvalue weighted by atomic mass is 19.1. The number of rotatable bonds is 2. The van der Waals surface area contributed by atoms with E-state index >= 15 is 0 Å². The summed E-state index contributed by atoms with van der Waals surface area (Å²) in [7, 11) is 0. The quantitative estimate of drug-likeness (QED) is 0.786. The van der Waals surface area contributed by atoms with Gasteiger partial charge in [-0.05, 0) is 46.2 Å². The van der Waals surface area contributed by atoms with E-state index in [1.54, 1.807) is 23.0 Å². The van der Waals surface area contributed by atoms with Crippen molar-refractivity contribution in [3.8, 4) is 0 Å². The minimum Gasteiger partial charge on any atom is -0.346 e. The van der Waals surface area contributed by atoms with Crippen LogP contribution in [-0.2, 0) is 0 Å². The maximum atomic E-state index is 13.2. The van der Waals surface area contributed by atoms with Crippen molar-refractivity contribution in [1.82, 2.24) is 25.2 Å². The van der Waals surface area contributed by atoms with Gasteiger partial charge in [-0.15, -0.1) is 0 Å². The number of aromatic nitrogens is 5. The van der Waals surface area contributed by atoms with E-state index in [0.717, 1.165) is 17.5 Å². The number of nitrogens with zero attached hydrogens (tertiary/aromatic N) is 5. The average molecular weight is 296 g/mol. The lowest BCUT2D eigenvalue weighted by Gasteiger charge is -2.30. The highest BCUT2D eigenvalue weighted by Crippen LogP contribution is 2.36. The SMILES string of the molecule is Fc1ccc([C@@H]2C[C@H](c3cccnc3)Nc3nnnn32)cc1. The van der Waals surface area contributed by atoms with Crippen molar-refractivity contribution >= 4 is 5.95 Å². The fraction of sp³-hybridized carbons (Fsp3) is 0.200. The number of tetrazole rings is 1. The summed E-state index contributed by atoms with van der Waals surface area (Å²) in [5.41, 5.74) is 2.05. The minimum absolute atomic E-state index is 0.0444. The van der Waals surface area contributed by atoms with Gasteiger partial charge in [0.1, 0.15) is 5.82 Å². The Labute approximate surface area is 126 Å². The Morgan fingerprint density at radius 3 is 2.77 bits per heavy atom.